The van der Waals surface area contributed by atoms with Crippen molar-refractivity contribution in [3.63, 3.8) is 0 Å². The Morgan fingerprint density at radius 1 is 1.77 bits per heavy atom. The van der Waals surface area contributed by atoms with Crippen LogP contribution in [-0.4, -0.2) is 29.3 Å². The van der Waals surface area contributed by atoms with Gasteiger partial charge in [-0.1, -0.05) is 20.4 Å². The highest BCUT2D eigenvalue weighted by Crippen LogP contribution is 2.20. The second-order valence-electron chi connectivity index (χ2n) is 3.60. The first-order valence-electron chi connectivity index (χ1n) is 4.58. The number of rotatable bonds is 3. The number of hydrogen-bond donors (Lipinski definition) is 0. The van der Waals surface area contributed by atoms with Gasteiger partial charge in [0, 0.05) is 16.8 Å². The van der Waals surface area contributed by atoms with Crippen molar-refractivity contribution in [2.24, 2.45) is 5.92 Å². The Kier molecular flexibility index (Phi) is 3.85. The third-order valence-corrected chi connectivity index (χ3v) is 5.02. The molecule has 1 aliphatic rings. The number of ether oxygens (including phenoxy) is 1. The Hall–Kier alpha value is -0.440. The fourth-order valence-corrected chi connectivity index (χ4v) is 3.78. The van der Waals surface area contributed by atoms with Crippen LogP contribution in [0.15, 0.2) is 12.7 Å². The second kappa shape index (κ2) is 4.70. The van der Waals surface area contributed by atoms with Gasteiger partial charge in [-0.2, -0.15) is 0 Å². The second-order valence-corrected chi connectivity index (χ2v) is 5.91. The number of hydrogen-bond acceptors (Lipinski definition) is 2. The van der Waals surface area contributed by atoms with E-state index >= 15 is 0 Å². The first-order valence-corrected chi connectivity index (χ1v) is 6.20. The third kappa shape index (κ3) is 2.76. The highest BCUT2D eigenvalue weighted by molar-refractivity contribution is 7.98. The molecule has 0 spiro atoms. The number of cyclic esters (lactones) is 1. The largest absolute Gasteiger partial charge is 0.457 e. The van der Waals surface area contributed by atoms with Crippen LogP contribution in [0.3, 0.4) is 0 Å². The minimum atomic E-state index is -0.0397. The van der Waals surface area contributed by atoms with Crippen LogP contribution in [0.2, 0.25) is 0 Å². The zero-order valence-corrected chi connectivity index (χ0v) is 9.10. The molecule has 0 N–H and O–H groups in total. The van der Waals surface area contributed by atoms with Crippen LogP contribution in [0, 0.1) is 5.92 Å². The zero-order chi connectivity index (χ0) is 9.84. The SMILES string of the molecule is C=CC[S+]1CC(=O)OCC1C(C)C. The maximum Gasteiger partial charge on any atom is 0.356 e. The van der Waals surface area contributed by atoms with Gasteiger partial charge in [-0.05, 0) is 6.08 Å². The van der Waals surface area contributed by atoms with E-state index in [2.05, 4.69) is 20.4 Å². The summed E-state index contributed by atoms with van der Waals surface area (Å²) >= 11 is 0. The number of carbonyl (C=O) groups is 1. The topological polar surface area (TPSA) is 26.3 Å². The summed E-state index contributed by atoms with van der Waals surface area (Å²) < 4.78 is 5.06. The van der Waals surface area contributed by atoms with E-state index in [1.54, 1.807) is 0 Å². The van der Waals surface area contributed by atoms with Crippen LogP contribution in [0.5, 0.6) is 0 Å². The lowest BCUT2D eigenvalue weighted by molar-refractivity contribution is -0.141. The summed E-state index contributed by atoms with van der Waals surface area (Å²) in [6.07, 6.45) is 1.91. The van der Waals surface area contributed by atoms with Crippen molar-refractivity contribution in [3.05, 3.63) is 12.7 Å². The van der Waals surface area contributed by atoms with Crippen molar-refractivity contribution in [1.82, 2.24) is 0 Å². The van der Waals surface area contributed by atoms with Crippen molar-refractivity contribution < 1.29 is 9.53 Å². The molecule has 74 valence electrons. The van der Waals surface area contributed by atoms with Crippen molar-refractivity contribution in [2.45, 2.75) is 19.1 Å². The van der Waals surface area contributed by atoms with E-state index in [1.807, 2.05) is 6.08 Å². The molecule has 2 unspecified atom stereocenters. The van der Waals surface area contributed by atoms with Gasteiger partial charge in [0.1, 0.15) is 12.4 Å². The van der Waals surface area contributed by atoms with Crippen LogP contribution in [0.1, 0.15) is 13.8 Å². The molecule has 1 heterocycles. The van der Waals surface area contributed by atoms with Gasteiger partial charge >= 0.3 is 5.97 Å². The maximum atomic E-state index is 11.1. The summed E-state index contributed by atoms with van der Waals surface area (Å²) in [5.41, 5.74) is 0. The molecule has 3 heteroatoms. The summed E-state index contributed by atoms with van der Waals surface area (Å²) in [4.78, 5) is 11.1. The molecular weight excluding hydrogens is 184 g/mol. The lowest BCUT2D eigenvalue weighted by Gasteiger charge is -2.25. The Labute approximate surface area is 82.7 Å². The minimum Gasteiger partial charge on any atom is -0.457 e. The van der Waals surface area contributed by atoms with E-state index < -0.39 is 0 Å². The van der Waals surface area contributed by atoms with Gasteiger partial charge in [-0.25, -0.2) is 4.79 Å². The van der Waals surface area contributed by atoms with Crippen molar-refractivity contribution in [2.75, 3.05) is 18.1 Å². The van der Waals surface area contributed by atoms with Crippen LogP contribution in [0.25, 0.3) is 0 Å². The van der Waals surface area contributed by atoms with Gasteiger partial charge in [0.2, 0.25) is 5.75 Å². The average Bonchev–Trinajstić information content (AvgIpc) is 2.04. The van der Waals surface area contributed by atoms with Crippen LogP contribution < -0.4 is 0 Å². The van der Waals surface area contributed by atoms with Gasteiger partial charge in [0.05, 0.1) is 0 Å². The van der Waals surface area contributed by atoms with Gasteiger partial charge in [0.15, 0.2) is 5.25 Å². The number of esters is 1. The molecule has 0 aromatic heterocycles. The van der Waals surface area contributed by atoms with E-state index in [1.165, 1.54) is 0 Å². The molecule has 0 bridgehead atoms. The van der Waals surface area contributed by atoms with Crippen molar-refractivity contribution in [3.8, 4) is 0 Å². The molecule has 1 rings (SSSR count). The Morgan fingerprint density at radius 2 is 2.46 bits per heavy atom. The van der Waals surface area contributed by atoms with Crippen molar-refractivity contribution in [1.29, 1.82) is 0 Å². The average molecular weight is 201 g/mol. The highest BCUT2D eigenvalue weighted by atomic mass is 32.2. The quantitative estimate of drug-likeness (QED) is 0.392. The van der Waals surface area contributed by atoms with Gasteiger partial charge in [-0.15, -0.1) is 0 Å². The first-order chi connectivity index (χ1) is 6.15. The molecule has 0 radical (unpaired) electrons. The standard InChI is InChI=1S/C10H17O2S/c1-4-5-13-7-10(11)12-6-9(13)8(2)3/h4,8-9H,1,5-7H2,2-3H3/q+1. The van der Waals surface area contributed by atoms with Gasteiger partial charge < -0.3 is 4.74 Å². The number of carbonyl (C=O) groups excluding carboxylic acids is 1. The predicted molar refractivity (Wildman–Crippen MR) is 56.9 cm³/mol. The molecule has 0 aromatic carbocycles. The Balaban J connectivity index is 2.59. The van der Waals surface area contributed by atoms with Gasteiger partial charge in [-0.3, -0.25) is 0 Å². The van der Waals surface area contributed by atoms with E-state index in [9.17, 15) is 4.79 Å². The van der Waals surface area contributed by atoms with Crippen LogP contribution in [-0.2, 0) is 20.4 Å². The van der Waals surface area contributed by atoms with Gasteiger partial charge in [0.25, 0.3) is 0 Å². The minimum absolute atomic E-state index is 0.0397. The Morgan fingerprint density at radius 3 is 3.00 bits per heavy atom. The molecule has 13 heavy (non-hydrogen) atoms. The summed E-state index contributed by atoms with van der Waals surface area (Å²) in [6, 6.07) is 0. The summed E-state index contributed by atoms with van der Waals surface area (Å²) in [6.45, 7) is 8.71. The van der Waals surface area contributed by atoms with Crippen LogP contribution >= 0.6 is 0 Å². The smallest absolute Gasteiger partial charge is 0.356 e. The fraction of sp³-hybridized carbons (Fsp3) is 0.700. The van der Waals surface area contributed by atoms with E-state index in [0.29, 0.717) is 23.5 Å². The molecule has 2 nitrogen and oxygen atoms in total. The normalized spacial score (nSPS) is 28.7. The lowest BCUT2D eigenvalue weighted by atomic mass is 10.1. The van der Waals surface area contributed by atoms with Crippen LogP contribution in [0.4, 0.5) is 0 Å². The first kappa shape index (κ1) is 10.6. The molecule has 2 atom stereocenters. The highest BCUT2D eigenvalue weighted by Gasteiger charge is 2.39. The summed E-state index contributed by atoms with van der Waals surface area (Å²) in [5, 5.41) is 0.538. The molecule has 0 saturated carbocycles. The molecule has 0 aromatic rings. The zero-order valence-electron chi connectivity index (χ0n) is 8.29. The molecule has 0 amide bonds. The van der Waals surface area contributed by atoms with E-state index in [0.717, 1.165) is 5.75 Å². The molecule has 0 aliphatic carbocycles. The van der Waals surface area contributed by atoms with E-state index in [-0.39, 0.29) is 16.9 Å². The molecule has 1 saturated heterocycles. The molecule has 1 fully saturated rings. The van der Waals surface area contributed by atoms with E-state index in [4.69, 9.17) is 4.74 Å². The van der Waals surface area contributed by atoms with Crippen molar-refractivity contribution >= 4 is 16.9 Å². The summed E-state index contributed by atoms with van der Waals surface area (Å²) in [5.74, 6) is 2.10. The summed E-state index contributed by atoms with van der Waals surface area (Å²) in [7, 11) is 0.165. The molecule has 1 aliphatic heterocycles. The Bertz CT molecular complexity index is 201. The maximum absolute atomic E-state index is 11.1. The monoisotopic (exact) mass is 201 g/mol. The fourth-order valence-electron chi connectivity index (χ4n) is 1.48. The lowest BCUT2D eigenvalue weighted by Crippen LogP contribution is -2.43. The predicted octanol–water partition coefficient (Wildman–Crippen LogP) is 1.37. The molecular formula is C10H17O2S+. The third-order valence-electron chi connectivity index (χ3n) is 2.22.